The van der Waals surface area contributed by atoms with E-state index >= 15 is 0 Å². The standard InChI is InChI=1S/C21H21N5/c1-14-9-15(2)26(25-14)20-11-19(23-13-24-20)10-18-12-22-21(16(18)3)17-7-5-4-6-8-17/h4-9,11,13H,10,12H2,1-3H3. The topological polar surface area (TPSA) is 56.0 Å². The summed E-state index contributed by atoms with van der Waals surface area (Å²) in [5, 5.41) is 4.51. The van der Waals surface area contributed by atoms with E-state index in [0.29, 0.717) is 0 Å². The number of allylic oxidation sites excluding steroid dienone is 1. The van der Waals surface area contributed by atoms with Crippen LogP contribution in [0.3, 0.4) is 0 Å². The average molecular weight is 343 g/mol. The third-order valence-electron chi connectivity index (χ3n) is 4.69. The van der Waals surface area contributed by atoms with Crippen LogP contribution in [-0.4, -0.2) is 32.0 Å². The molecular weight excluding hydrogens is 322 g/mol. The predicted octanol–water partition coefficient (Wildman–Crippen LogP) is 3.64. The van der Waals surface area contributed by atoms with Crippen LogP contribution in [0.2, 0.25) is 0 Å². The first-order chi connectivity index (χ1) is 12.6. The molecule has 26 heavy (non-hydrogen) atoms. The van der Waals surface area contributed by atoms with Crippen molar-refractivity contribution >= 4 is 5.71 Å². The molecule has 3 aromatic rings. The second-order valence-electron chi connectivity index (χ2n) is 6.64. The fourth-order valence-electron chi connectivity index (χ4n) is 3.35. The number of hydrogen-bond acceptors (Lipinski definition) is 4. The fraction of sp³-hybridized carbons (Fsp3) is 0.238. The van der Waals surface area contributed by atoms with Gasteiger partial charge in [0, 0.05) is 18.2 Å². The summed E-state index contributed by atoms with van der Waals surface area (Å²) in [6.07, 6.45) is 2.39. The Balaban J connectivity index is 1.60. The van der Waals surface area contributed by atoms with Gasteiger partial charge in [-0.3, -0.25) is 4.99 Å². The van der Waals surface area contributed by atoms with Gasteiger partial charge in [0.25, 0.3) is 0 Å². The van der Waals surface area contributed by atoms with Crippen LogP contribution in [0.15, 0.2) is 64.9 Å². The second kappa shape index (κ2) is 6.67. The molecule has 0 saturated carbocycles. The van der Waals surface area contributed by atoms with Crippen molar-refractivity contribution in [3.05, 3.63) is 82.6 Å². The number of hydrogen-bond donors (Lipinski definition) is 0. The van der Waals surface area contributed by atoms with Crippen LogP contribution in [0.5, 0.6) is 0 Å². The highest BCUT2D eigenvalue weighted by Crippen LogP contribution is 2.23. The number of aromatic nitrogens is 4. The van der Waals surface area contributed by atoms with Crippen LogP contribution in [0.25, 0.3) is 5.82 Å². The molecule has 0 bridgehead atoms. The maximum atomic E-state index is 4.74. The van der Waals surface area contributed by atoms with Gasteiger partial charge < -0.3 is 0 Å². The van der Waals surface area contributed by atoms with Gasteiger partial charge in [-0.15, -0.1) is 0 Å². The van der Waals surface area contributed by atoms with Gasteiger partial charge in [-0.25, -0.2) is 14.6 Å². The summed E-state index contributed by atoms with van der Waals surface area (Å²) >= 11 is 0. The fourth-order valence-corrected chi connectivity index (χ4v) is 3.35. The van der Waals surface area contributed by atoms with Crippen LogP contribution >= 0.6 is 0 Å². The van der Waals surface area contributed by atoms with Gasteiger partial charge in [0.2, 0.25) is 0 Å². The molecule has 1 aliphatic heterocycles. The van der Waals surface area contributed by atoms with Gasteiger partial charge >= 0.3 is 0 Å². The minimum atomic E-state index is 0.731. The maximum absolute atomic E-state index is 4.74. The van der Waals surface area contributed by atoms with Crippen LogP contribution in [0.4, 0.5) is 0 Å². The lowest BCUT2D eigenvalue weighted by Gasteiger charge is -2.07. The molecule has 0 amide bonds. The highest BCUT2D eigenvalue weighted by molar-refractivity contribution is 6.14. The third-order valence-corrected chi connectivity index (χ3v) is 4.69. The third kappa shape index (κ3) is 3.08. The highest BCUT2D eigenvalue weighted by atomic mass is 15.3. The Bertz CT molecular complexity index is 1010. The number of benzene rings is 1. The summed E-state index contributed by atoms with van der Waals surface area (Å²) in [6.45, 7) is 6.90. The minimum Gasteiger partial charge on any atom is -0.280 e. The Kier molecular flexibility index (Phi) is 4.21. The number of aliphatic imine (C=N–C) groups is 1. The molecule has 3 heterocycles. The molecule has 130 valence electrons. The smallest absolute Gasteiger partial charge is 0.157 e. The lowest BCUT2D eigenvalue weighted by molar-refractivity contribution is 0.793. The lowest BCUT2D eigenvalue weighted by atomic mass is 9.99. The molecule has 1 aliphatic rings. The van der Waals surface area contributed by atoms with E-state index in [1.54, 1.807) is 6.33 Å². The number of aryl methyl sites for hydroxylation is 2. The SMILES string of the molecule is CC1=C(Cc2cc(-n3nc(C)cc3C)ncn2)CN=C1c1ccccc1. The van der Waals surface area contributed by atoms with Crippen molar-refractivity contribution in [1.82, 2.24) is 19.7 Å². The normalized spacial score (nSPS) is 14.0. The number of rotatable bonds is 4. The molecule has 0 fully saturated rings. The molecule has 0 unspecified atom stereocenters. The average Bonchev–Trinajstić information content (AvgIpc) is 3.18. The molecule has 0 saturated heterocycles. The van der Waals surface area contributed by atoms with E-state index in [1.165, 1.54) is 16.7 Å². The summed E-state index contributed by atoms with van der Waals surface area (Å²) in [7, 11) is 0. The molecule has 5 heteroatoms. The van der Waals surface area contributed by atoms with Gasteiger partial charge in [-0.1, -0.05) is 30.3 Å². The summed E-state index contributed by atoms with van der Waals surface area (Å²) in [5.74, 6) is 0.807. The Labute approximate surface area is 153 Å². The zero-order valence-electron chi connectivity index (χ0n) is 15.3. The highest BCUT2D eigenvalue weighted by Gasteiger charge is 2.18. The first-order valence-corrected chi connectivity index (χ1v) is 8.75. The largest absolute Gasteiger partial charge is 0.280 e. The molecule has 2 aromatic heterocycles. The molecule has 0 spiro atoms. The van der Waals surface area contributed by atoms with E-state index in [9.17, 15) is 0 Å². The summed E-state index contributed by atoms with van der Waals surface area (Å²) < 4.78 is 1.86. The molecule has 5 nitrogen and oxygen atoms in total. The summed E-state index contributed by atoms with van der Waals surface area (Å²) in [5.41, 5.74) is 7.86. The van der Waals surface area contributed by atoms with Gasteiger partial charge in [0.1, 0.15) is 6.33 Å². The predicted molar refractivity (Wildman–Crippen MR) is 103 cm³/mol. The van der Waals surface area contributed by atoms with Crippen molar-refractivity contribution in [3.63, 3.8) is 0 Å². The quantitative estimate of drug-likeness (QED) is 0.727. The summed E-state index contributed by atoms with van der Waals surface area (Å²) in [4.78, 5) is 13.6. The van der Waals surface area contributed by atoms with Crippen molar-refractivity contribution in [2.24, 2.45) is 4.99 Å². The molecule has 0 atom stereocenters. The van der Waals surface area contributed by atoms with Crippen LogP contribution in [0, 0.1) is 13.8 Å². The molecule has 0 N–H and O–H groups in total. The van der Waals surface area contributed by atoms with Crippen LogP contribution in [0.1, 0.15) is 29.6 Å². The van der Waals surface area contributed by atoms with E-state index in [-0.39, 0.29) is 0 Å². The van der Waals surface area contributed by atoms with Gasteiger partial charge in [0.05, 0.1) is 23.6 Å². The van der Waals surface area contributed by atoms with Crippen molar-refractivity contribution in [3.8, 4) is 5.82 Å². The minimum absolute atomic E-state index is 0.731. The Morgan fingerprint density at radius 2 is 1.81 bits per heavy atom. The first-order valence-electron chi connectivity index (χ1n) is 8.75. The van der Waals surface area contributed by atoms with Crippen molar-refractivity contribution < 1.29 is 0 Å². The molecule has 1 aromatic carbocycles. The first kappa shape index (κ1) is 16.4. The Morgan fingerprint density at radius 1 is 1.00 bits per heavy atom. The van der Waals surface area contributed by atoms with Crippen molar-refractivity contribution in [2.75, 3.05) is 6.54 Å². The Morgan fingerprint density at radius 3 is 2.54 bits per heavy atom. The van der Waals surface area contributed by atoms with Gasteiger partial charge in [-0.2, -0.15) is 5.10 Å². The van der Waals surface area contributed by atoms with Crippen LogP contribution < -0.4 is 0 Å². The van der Waals surface area contributed by atoms with Gasteiger partial charge in [-0.05, 0) is 43.5 Å². The van der Waals surface area contributed by atoms with Crippen LogP contribution in [-0.2, 0) is 6.42 Å². The molecule has 4 rings (SSSR count). The van der Waals surface area contributed by atoms with Crippen molar-refractivity contribution in [2.45, 2.75) is 27.2 Å². The van der Waals surface area contributed by atoms with E-state index in [2.05, 4.69) is 34.1 Å². The zero-order chi connectivity index (χ0) is 18.1. The molecular formula is C21H21N5. The lowest BCUT2D eigenvalue weighted by Crippen LogP contribution is -2.06. The maximum Gasteiger partial charge on any atom is 0.157 e. The van der Waals surface area contributed by atoms with E-state index in [1.807, 2.05) is 48.9 Å². The Hall–Kier alpha value is -3.08. The second-order valence-corrected chi connectivity index (χ2v) is 6.64. The monoisotopic (exact) mass is 343 g/mol. The molecule has 0 radical (unpaired) electrons. The summed E-state index contributed by atoms with van der Waals surface area (Å²) in [6, 6.07) is 14.4. The van der Waals surface area contributed by atoms with E-state index in [4.69, 9.17) is 4.99 Å². The molecule has 0 aliphatic carbocycles. The zero-order valence-corrected chi connectivity index (χ0v) is 15.3. The number of nitrogens with zero attached hydrogens (tertiary/aromatic N) is 5. The van der Waals surface area contributed by atoms with Gasteiger partial charge in [0.15, 0.2) is 5.82 Å². The van der Waals surface area contributed by atoms with E-state index in [0.717, 1.165) is 41.6 Å². The van der Waals surface area contributed by atoms with Crippen molar-refractivity contribution in [1.29, 1.82) is 0 Å². The van der Waals surface area contributed by atoms with E-state index < -0.39 is 0 Å².